The zero-order valence-corrected chi connectivity index (χ0v) is 9.80. The van der Waals surface area contributed by atoms with Crippen LogP contribution in [0, 0.1) is 0 Å². The Morgan fingerprint density at radius 1 is 1.35 bits per heavy atom. The minimum absolute atomic E-state index is 0.117. The van der Waals surface area contributed by atoms with Gasteiger partial charge in [-0.3, -0.25) is 4.79 Å². The monoisotopic (exact) mass is 249 g/mol. The molecule has 2 aromatic rings. The summed E-state index contributed by atoms with van der Waals surface area (Å²) in [5.74, 6) is -0.316. The summed E-state index contributed by atoms with van der Waals surface area (Å²) in [5, 5.41) is 13.4. The van der Waals surface area contributed by atoms with Crippen molar-refractivity contribution in [1.29, 1.82) is 0 Å². The van der Waals surface area contributed by atoms with Gasteiger partial charge >= 0.3 is 5.97 Å². The number of rotatable bonds is 5. The largest absolute Gasteiger partial charge is 0.481 e. The standard InChI is InChI=1S/C11H11N3O2S/c15-10(16)6-7-17-11-12-8-13-14(11)9-4-2-1-3-5-9/h1-5,8H,6-7H2,(H,15,16). The molecular weight excluding hydrogens is 238 g/mol. The van der Waals surface area contributed by atoms with Crippen LogP contribution in [0.1, 0.15) is 6.42 Å². The smallest absolute Gasteiger partial charge is 0.304 e. The van der Waals surface area contributed by atoms with Crippen molar-refractivity contribution >= 4 is 17.7 Å². The van der Waals surface area contributed by atoms with Crippen LogP contribution < -0.4 is 0 Å². The number of thioether (sulfide) groups is 1. The Morgan fingerprint density at radius 2 is 2.12 bits per heavy atom. The molecular formula is C11H11N3O2S. The quantitative estimate of drug-likeness (QED) is 0.819. The lowest BCUT2D eigenvalue weighted by Crippen LogP contribution is -2.00. The number of hydrogen-bond acceptors (Lipinski definition) is 4. The predicted molar refractivity (Wildman–Crippen MR) is 64.3 cm³/mol. The van der Waals surface area contributed by atoms with Gasteiger partial charge in [0.1, 0.15) is 6.33 Å². The summed E-state index contributed by atoms with van der Waals surface area (Å²) in [4.78, 5) is 14.5. The fourth-order valence-electron chi connectivity index (χ4n) is 1.31. The molecule has 6 heteroatoms. The summed E-state index contributed by atoms with van der Waals surface area (Å²) in [6.07, 6.45) is 1.59. The highest BCUT2D eigenvalue weighted by Gasteiger charge is 2.07. The lowest BCUT2D eigenvalue weighted by atomic mass is 10.3. The van der Waals surface area contributed by atoms with Gasteiger partial charge in [-0.2, -0.15) is 5.10 Å². The summed E-state index contributed by atoms with van der Waals surface area (Å²) in [6.45, 7) is 0. The fraction of sp³-hybridized carbons (Fsp3) is 0.182. The molecule has 0 spiro atoms. The molecule has 0 unspecified atom stereocenters. The van der Waals surface area contributed by atoms with Crippen molar-refractivity contribution in [3.63, 3.8) is 0 Å². The number of carboxylic acids is 1. The van der Waals surface area contributed by atoms with Gasteiger partial charge in [0.15, 0.2) is 5.16 Å². The molecule has 1 heterocycles. The molecule has 17 heavy (non-hydrogen) atoms. The van der Waals surface area contributed by atoms with E-state index >= 15 is 0 Å². The molecule has 0 aliphatic carbocycles. The maximum absolute atomic E-state index is 10.4. The number of carboxylic acid groups (broad SMARTS) is 1. The first-order valence-corrected chi connectivity index (χ1v) is 6.06. The molecule has 5 nitrogen and oxygen atoms in total. The number of benzene rings is 1. The molecule has 0 saturated carbocycles. The first-order valence-electron chi connectivity index (χ1n) is 5.07. The molecule has 0 radical (unpaired) electrons. The molecule has 0 aliphatic heterocycles. The second-order valence-corrected chi connectivity index (χ2v) is 4.34. The summed E-state index contributed by atoms with van der Waals surface area (Å²) < 4.78 is 1.70. The highest BCUT2D eigenvalue weighted by molar-refractivity contribution is 7.99. The Hall–Kier alpha value is -1.82. The normalized spacial score (nSPS) is 10.4. The Labute approximate surface area is 102 Å². The number of hydrogen-bond donors (Lipinski definition) is 1. The fourth-order valence-corrected chi connectivity index (χ4v) is 2.16. The third kappa shape index (κ3) is 3.07. The van der Waals surface area contributed by atoms with E-state index < -0.39 is 5.97 Å². The molecule has 2 rings (SSSR count). The van der Waals surface area contributed by atoms with Gasteiger partial charge in [0, 0.05) is 5.75 Å². The van der Waals surface area contributed by atoms with Crippen LogP contribution in [0.25, 0.3) is 5.69 Å². The zero-order valence-electron chi connectivity index (χ0n) is 8.98. The van der Waals surface area contributed by atoms with E-state index in [2.05, 4.69) is 10.1 Å². The molecule has 0 bridgehead atoms. The van der Waals surface area contributed by atoms with E-state index in [1.54, 1.807) is 4.68 Å². The highest BCUT2D eigenvalue weighted by Crippen LogP contribution is 2.19. The van der Waals surface area contributed by atoms with E-state index in [1.165, 1.54) is 18.1 Å². The highest BCUT2D eigenvalue weighted by atomic mass is 32.2. The van der Waals surface area contributed by atoms with Crippen molar-refractivity contribution in [2.75, 3.05) is 5.75 Å². The molecule has 0 saturated heterocycles. The van der Waals surface area contributed by atoms with Gasteiger partial charge in [-0.25, -0.2) is 9.67 Å². The zero-order chi connectivity index (χ0) is 12.1. The lowest BCUT2D eigenvalue weighted by molar-refractivity contribution is -0.136. The number of aliphatic carboxylic acids is 1. The van der Waals surface area contributed by atoms with Gasteiger partial charge in [0.2, 0.25) is 0 Å². The Balaban J connectivity index is 2.10. The third-order valence-electron chi connectivity index (χ3n) is 2.06. The second-order valence-electron chi connectivity index (χ2n) is 3.28. The van der Waals surface area contributed by atoms with Gasteiger partial charge < -0.3 is 5.11 Å². The van der Waals surface area contributed by atoms with E-state index in [0.29, 0.717) is 10.9 Å². The third-order valence-corrected chi connectivity index (χ3v) is 3.01. The number of carbonyl (C=O) groups is 1. The SMILES string of the molecule is O=C(O)CCSc1ncnn1-c1ccccc1. The summed E-state index contributed by atoms with van der Waals surface area (Å²) in [5.41, 5.74) is 0.919. The maximum Gasteiger partial charge on any atom is 0.304 e. The van der Waals surface area contributed by atoms with Gasteiger partial charge in [-0.05, 0) is 12.1 Å². The van der Waals surface area contributed by atoms with Crippen LogP contribution in [0.3, 0.4) is 0 Å². The molecule has 0 fully saturated rings. The molecule has 1 N–H and O–H groups in total. The minimum atomic E-state index is -0.803. The van der Waals surface area contributed by atoms with Crippen LogP contribution >= 0.6 is 11.8 Å². The van der Waals surface area contributed by atoms with E-state index in [-0.39, 0.29) is 6.42 Å². The minimum Gasteiger partial charge on any atom is -0.481 e. The molecule has 1 aromatic carbocycles. The Bertz CT molecular complexity index is 498. The average Bonchev–Trinajstić information content (AvgIpc) is 2.78. The van der Waals surface area contributed by atoms with E-state index in [4.69, 9.17) is 5.11 Å². The Morgan fingerprint density at radius 3 is 2.82 bits per heavy atom. The molecule has 1 aromatic heterocycles. The lowest BCUT2D eigenvalue weighted by Gasteiger charge is -2.04. The van der Waals surface area contributed by atoms with Crippen molar-refractivity contribution in [1.82, 2.24) is 14.8 Å². The summed E-state index contributed by atoms with van der Waals surface area (Å²) in [7, 11) is 0. The molecule has 0 aliphatic rings. The van der Waals surface area contributed by atoms with E-state index in [9.17, 15) is 4.79 Å². The number of para-hydroxylation sites is 1. The van der Waals surface area contributed by atoms with Crippen molar-refractivity contribution in [2.24, 2.45) is 0 Å². The van der Waals surface area contributed by atoms with Crippen molar-refractivity contribution in [3.8, 4) is 5.69 Å². The van der Waals surface area contributed by atoms with Crippen LogP contribution in [-0.4, -0.2) is 31.6 Å². The average molecular weight is 249 g/mol. The molecule has 88 valence electrons. The van der Waals surface area contributed by atoms with Gasteiger partial charge in [-0.1, -0.05) is 30.0 Å². The first kappa shape index (κ1) is 11.7. The molecule has 0 atom stereocenters. The van der Waals surface area contributed by atoms with Crippen molar-refractivity contribution in [3.05, 3.63) is 36.7 Å². The van der Waals surface area contributed by atoms with E-state index in [0.717, 1.165) is 5.69 Å². The van der Waals surface area contributed by atoms with Gasteiger partial charge in [0.05, 0.1) is 12.1 Å². The van der Waals surface area contributed by atoms with Crippen molar-refractivity contribution in [2.45, 2.75) is 11.6 Å². The van der Waals surface area contributed by atoms with Crippen LogP contribution in [0.15, 0.2) is 41.8 Å². The van der Waals surface area contributed by atoms with Crippen molar-refractivity contribution < 1.29 is 9.90 Å². The van der Waals surface area contributed by atoms with Crippen LogP contribution in [0.2, 0.25) is 0 Å². The predicted octanol–water partition coefficient (Wildman–Crippen LogP) is 1.83. The summed E-state index contributed by atoms with van der Waals surface area (Å²) in [6, 6.07) is 9.62. The van der Waals surface area contributed by atoms with Crippen LogP contribution in [-0.2, 0) is 4.79 Å². The first-order chi connectivity index (χ1) is 8.27. The van der Waals surface area contributed by atoms with Gasteiger partial charge in [-0.15, -0.1) is 0 Å². The topological polar surface area (TPSA) is 68.0 Å². The second kappa shape index (κ2) is 5.49. The number of aromatic nitrogens is 3. The van der Waals surface area contributed by atoms with Gasteiger partial charge in [0.25, 0.3) is 0 Å². The number of nitrogens with zero attached hydrogens (tertiary/aromatic N) is 3. The molecule has 0 amide bonds. The summed E-state index contributed by atoms with van der Waals surface area (Å²) >= 11 is 1.39. The van der Waals surface area contributed by atoms with E-state index in [1.807, 2.05) is 30.3 Å². The Kier molecular flexibility index (Phi) is 3.77. The maximum atomic E-state index is 10.4. The van der Waals surface area contributed by atoms with Crippen LogP contribution in [0.5, 0.6) is 0 Å². The van der Waals surface area contributed by atoms with Crippen LogP contribution in [0.4, 0.5) is 0 Å².